The molecule has 1 aromatic carbocycles. The number of pyridine rings is 1. The van der Waals surface area contributed by atoms with E-state index in [1.807, 2.05) is 53.1 Å². The van der Waals surface area contributed by atoms with Crippen LogP contribution in [0.3, 0.4) is 0 Å². The standard InChI is InChI=1S/C21H25N5OS/c27-21(23-10-14-25-12-8-22-9-13-25)17-4-6-19(7-5-17)28-16-18-15-26-11-2-1-3-20(26)24-18/h1-7,11,15,22H,8-10,12-14,16H2,(H,23,27). The van der Waals surface area contributed by atoms with Gasteiger partial charge in [-0.05, 0) is 36.4 Å². The molecule has 28 heavy (non-hydrogen) atoms. The van der Waals surface area contributed by atoms with Crippen LogP contribution in [0.4, 0.5) is 0 Å². The minimum absolute atomic E-state index is 0.00737. The third-order valence-electron chi connectivity index (χ3n) is 4.84. The average molecular weight is 396 g/mol. The van der Waals surface area contributed by atoms with Gasteiger partial charge < -0.3 is 15.0 Å². The molecule has 1 saturated heterocycles. The Balaban J connectivity index is 1.25. The van der Waals surface area contributed by atoms with E-state index in [2.05, 4.69) is 26.7 Å². The van der Waals surface area contributed by atoms with E-state index in [1.54, 1.807) is 11.8 Å². The van der Waals surface area contributed by atoms with E-state index >= 15 is 0 Å². The number of amides is 1. The smallest absolute Gasteiger partial charge is 0.251 e. The molecule has 0 radical (unpaired) electrons. The van der Waals surface area contributed by atoms with Gasteiger partial charge in [-0.3, -0.25) is 9.69 Å². The van der Waals surface area contributed by atoms with E-state index in [0.29, 0.717) is 12.1 Å². The maximum Gasteiger partial charge on any atom is 0.251 e. The van der Waals surface area contributed by atoms with Crippen molar-refractivity contribution in [3.05, 3.63) is 66.1 Å². The molecular formula is C21H25N5OS. The summed E-state index contributed by atoms with van der Waals surface area (Å²) in [7, 11) is 0. The van der Waals surface area contributed by atoms with E-state index in [0.717, 1.165) is 54.7 Å². The Morgan fingerprint density at radius 3 is 2.75 bits per heavy atom. The van der Waals surface area contributed by atoms with E-state index in [4.69, 9.17) is 0 Å². The topological polar surface area (TPSA) is 61.7 Å². The van der Waals surface area contributed by atoms with Crippen LogP contribution >= 0.6 is 11.8 Å². The lowest BCUT2D eigenvalue weighted by atomic mass is 10.2. The molecule has 1 fully saturated rings. The third-order valence-corrected chi connectivity index (χ3v) is 5.89. The molecule has 0 spiro atoms. The van der Waals surface area contributed by atoms with Crippen molar-refractivity contribution in [1.29, 1.82) is 0 Å². The summed E-state index contributed by atoms with van der Waals surface area (Å²) < 4.78 is 2.03. The van der Waals surface area contributed by atoms with Crippen LogP contribution in [0.25, 0.3) is 5.65 Å². The Morgan fingerprint density at radius 1 is 1.14 bits per heavy atom. The number of hydrogen-bond acceptors (Lipinski definition) is 5. The van der Waals surface area contributed by atoms with E-state index in [1.165, 1.54) is 0 Å². The normalized spacial score (nSPS) is 15.0. The van der Waals surface area contributed by atoms with Gasteiger partial charge in [0.05, 0.1) is 5.69 Å². The number of thioether (sulfide) groups is 1. The van der Waals surface area contributed by atoms with Crippen molar-refractivity contribution >= 4 is 23.3 Å². The predicted octanol–water partition coefficient (Wildman–Crippen LogP) is 2.26. The fourth-order valence-electron chi connectivity index (χ4n) is 3.28. The SMILES string of the molecule is O=C(NCCN1CCNCC1)c1ccc(SCc2cn3ccccc3n2)cc1. The van der Waals surface area contributed by atoms with Crippen LogP contribution in [-0.2, 0) is 5.75 Å². The number of rotatable bonds is 7. The maximum atomic E-state index is 12.3. The number of hydrogen-bond donors (Lipinski definition) is 2. The molecule has 146 valence electrons. The molecule has 0 bridgehead atoms. The van der Waals surface area contributed by atoms with Crippen molar-refractivity contribution in [1.82, 2.24) is 24.9 Å². The first kappa shape index (κ1) is 19.0. The number of fused-ring (bicyclic) bond motifs is 1. The lowest BCUT2D eigenvalue weighted by Gasteiger charge is -2.27. The summed E-state index contributed by atoms with van der Waals surface area (Å²) in [5.74, 6) is 0.796. The maximum absolute atomic E-state index is 12.3. The van der Waals surface area contributed by atoms with Gasteiger partial charge >= 0.3 is 0 Å². The zero-order chi connectivity index (χ0) is 19.2. The van der Waals surface area contributed by atoms with Crippen molar-refractivity contribution in [2.24, 2.45) is 0 Å². The second-order valence-corrected chi connectivity index (χ2v) is 7.91. The van der Waals surface area contributed by atoms with Crippen molar-refractivity contribution < 1.29 is 4.79 Å². The Morgan fingerprint density at radius 2 is 1.96 bits per heavy atom. The lowest BCUT2D eigenvalue weighted by Crippen LogP contribution is -2.46. The van der Waals surface area contributed by atoms with Crippen LogP contribution in [0.1, 0.15) is 16.1 Å². The molecule has 7 heteroatoms. The molecule has 2 aromatic heterocycles. The number of carbonyl (C=O) groups is 1. The first-order valence-electron chi connectivity index (χ1n) is 9.65. The first-order valence-corrected chi connectivity index (χ1v) is 10.6. The fourth-order valence-corrected chi connectivity index (χ4v) is 4.06. The van der Waals surface area contributed by atoms with Crippen LogP contribution in [0.15, 0.2) is 59.8 Å². The van der Waals surface area contributed by atoms with Crippen molar-refractivity contribution in [2.45, 2.75) is 10.6 Å². The van der Waals surface area contributed by atoms with Crippen molar-refractivity contribution in [2.75, 3.05) is 39.3 Å². The Labute approximate surface area is 169 Å². The summed E-state index contributed by atoms with van der Waals surface area (Å²) in [5, 5.41) is 6.35. The second-order valence-electron chi connectivity index (χ2n) is 6.86. The molecular weight excluding hydrogens is 370 g/mol. The van der Waals surface area contributed by atoms with Crippen LogP contribution in [0.5, 0.6) is 0 Å². The average Bonchev–Trinajstić information content (AvgIpc) is 3.16. The molecule has 3 heterocycles. The van der Waals surface area contributed by atoms with Gasteiger partial charge in [-0.25, -0.2) is 4.98 Å². The predicted molar refractivity (Wildman–Crippen MR) is 113 cm³/mol. The monoisotopic (exact) mass is 395 g/mol. The summed E-state index contributed by atoms with van der Waals surface area (Å²) in [6, 6.07) is 13.8. The van der Waals surface area contributed by atoms with Gasteiger partial charge in [0.1, 0.15) is 5.65 Å². The van der Waals surface area contributed by atoms with Gasteiger partial charge in [-0.2, -0.15) is 0 Å². The zero-order valence-corrected chi connectivity index (χ0v) is 16.6. The molecule has 1 amide bonds. The van der Waals surface area contributed by atoms with Gasteiger partial charge in [-0.1, -0.05) is 6.07 Å². The van der Waals surface area contributed by atoms with Crippen molar-refractivity contribution in [3.8, 4) is 0 Å². The van der Waals surface area contributed by atoms with E-state index in [9.17, 15) is 4.79 Å². The molecule has 0 atom stereocenters. The highest BCUT2D eigenvalue weighted by atomic mass is 32.2. The molecule has 0 saturated carbocycles. The molecule has 0 unspecified atom stereocenters. The minimum atomic E-state index is -0.00737. The minimum Gasteiger partial charge on any atom is -0.351 e. The van der Waals surface area contributed by atoms with E-state index < -0.39 is 0 Å². The quantitative estimate of drug-likeness (QED) is 0.601. The summed E-state index contributed by atoms with van der Waals surface area (Å²) in [6.45, 7) is 5.75. The van der Waals surface area contributed by atoms with Crippen LogP contribution in [0, 0.1) is 0 Å². The lowest BCUT2D eigenvalue weighted by molar-refractivity contribution is 0.0947. The highest BCUT2D eigenvalue weighted by Crippen LogP contribution is 2.23. The van der Waals surface area contributed by atoms with Gasteiger partial charge in [0.15, 0.2) is 0 Å². The number of nitrogens with one attached hydrogen (secondary N) is 2. The largest absolute Gasteiger partial charge is 0.351 e. The molecule has 6 nitrogen and oxygen atoms in total. The number of aromatic nitrogens is 2. The highest BCUT2D eigenvalue weighted by molar-refractivity contribution is 7.98. The van der Waals surface area contributed by atoms with Gasteiger partial charge in [-0.15, -0.1) is 11.8 Å². The summed E-state index contributed by atoms with van der Waals surface area (Å²) in [5.41, 5.74) is 2.72. The molecule has 0 aliphatic carbocycles. The Bertz CT molecular complexity index is 885. The molecule has 1 aliphatic rings. The summed E-state index contributed by atoms with van der Waals surface area (Å²) in [4.78, 5) is 20.4. The molecule has 4 rings (SSSR count). The highest BCUT2D eigenvalue weighted by Gasteiger charge is 2.10. The van der Waals surface area contributed by atoms with Crippen LogP contribution in [-0.4, -0.2) is 59.5 Å². The fraction of sp³-hybridized carbons (Fsp3) is 0.333. The molecule has 1 aliphatic heterocycles. The number of benzene rings is 1. The number of nitrogens with zero attached hydrogens (tertiary/aromatic N) is 3. The molecule has 2 N–H and O–H groups in total. The van der Waals surface area contributed by atoms with E-state index in [-0.39, 0.29) is 5.91 Å². The number of carbonyl (C=O) groups excluding carboxylic acids is 1. The first-order chi connectivity index (χ1) is 13.8. The molecule has 3 aromatic rings. The second kappa shape index (κ2) is 9.23. The van der Waals surface area contributed by atoms with Crippen LogP contribution < -0.4 is 10.6 Å². The summed E-state index contributed by atoms with van der Waals surface area (Å²) in [6.07, 6.45) is 4.06. The number of imidazole rings is 1. The van der Waals surface area contributed by atoms with Gasteiger partial charge in [0, 0.05) is 67.9 Å². The van der Waals surface area contributed by atoms with Crippen molar-refractivity contribution in [3.63, 3.8) is 0 Å². The van der Waals surface area contributed by atoms with Gasteiger partial charge in [0.25, 0.3) is 5.91 Å². The number of piperazine rings is 1. The van der Waals surface area contributed by atoms with Gasteiger partial charge in [0.2, 0.25) is 0 Å². The Kier molecular flexibility index (Phi) is 6.26. The zero-order valence-electron chi connectivity index (χ0n) is 15.8. The third kappa shape index (κ3) is 4.92. The Hall–Kier alpha value is -2.35. The summed E-state index contributed by atoms with van der Waals surface area (Å²) >= 11 is 1.73. The van der Waals surface area contributed by atoms with Crippen LogP contribution in [0.2, 0.25) is 0 Å².